The Kier molecular flexibility index (Phi) is 2.92. The van der Waals surface area contributed by atoms with Gasteiger partial charge in [-0.25, -0.2) is 4.39 Å². The van der Waals surface area contributed by atoms with Gasteiger partial charge < -0.3 is 4.52 Å². The van der Waals surface area contributed by atoms with Gasteiger partial charge >= 0.3 is 0 Å². The molecule has 1 heterocycles. The number of nitrogens with zero attached hydrogens (tertiary/aromatic N) is 2. The molecule has 0 spiro atoms. The fraction of sp³-hybridized carbons (Fsp3) is 0.273. The van der Waals surface area contributed by atoms with Gasteiger partial charge in [-0.1, -0.05) is 11.2 Å². The van der Waals surface area contributed by atoms with Crippen LogP contribution in [0.4, 0.5) is 4.39 Å². The zero-order chi connectivity index (χ0) is 11.7. The SMILES string of the molecule is Cc1ccc(-c2nc(C(C)Cl)no2)c(F)c1. The molecule has 0 radical (unpaired) electrons. The molecule has 16 heavy (non-hydrogen) atoms. The maximum Gasteiger partial charge on any atom is 0.260 e. The first kappa shape index (κ1) is 11.1. The zero-order valence-electron chi connectivity index (χ0n) is 8.87. The van der Waals surface area contributed by atoms with Crippen LogP contribution in [0.15, 0.2) is 22.7 Å². The van der Waals surface area contributed by atoms with Crippen molar-refractivity contribution in [3.63, 3.8) is 0 Å². The summed E-state index contributed by atoms with van der Waals surface area (Å²) < 4.78 is 18.5. The van der Waals surface area contributed by atoms with E-state index in [9.17, 15) is 4.39 Å². The second-order valence-corrected chi connectivity index (χ2v) is 4.21. The van der Waals surface area contributed by atoms with Crippen molar-refractivity contribution >= 4 is 11.6 Å². The highest BCUT2D eigenvalue weighted by Crippen LogP contribution is 2.24. The highest BCUT2D eigenvalue weighted by Gasteiger charge is 2.15. The molecule has 0 aliphatic heterocycles. The van der Waals surface area contributed by atoms with E-state index in [0.29, 0.717) is 11.4 Å². The lowest BCUT2D eigenvalue weighted by Crippen LogP contribution is -1.88. The van der Waals surface area contributed by atoms with Gasteiger partial charge in [-0.15, -0.1) is 11.6 Å². The predicted octanol–water partition coefficient (Wildman–Crippen LogP) is 3.48. The quantitative estimate of drug-likeness (QED) is 0.755. The maximum atomic E-state index is 13.6. The van der Waals surface area contributed by atoms with Crippen LogP contribution in [-0.4, -0.2) is 10.1 Å². The van der Waals surface area contributed by atoms with Crippen molar-refractivity contribution in [2.75, 3.05) is 0 Å². The molecule has 1 aromatic carbocycles. The third kappa shape index (κ3) is 2.07. The van der Waals surface area contributed by atoms with E-state index in [2.05, 4.69) is 10.1 Å². The van der Waals surface area contributed by atoms with E-state index in [1.165, 1.54) is 6.07 Å². The molecular formula is C11H10ClFN2O. The zero-order valence-corrected chi connectivity index (χ0v) is 9.62. The standard InChI is InChI=1S/C11H10ClFN2O/c1-6-3-4-8(9(13)5-6)11-14-10(7(2)12)15-16-11/h3-5,7H,1-2H3. The molecule has 0 fully saturated rings. The molecule has 1 unspecified atom stereocenters. The van der Waals surface area contributed by atoms with Gasteiger partial charge in [0.1, 0.15) is 5.82 Å². The Morgan fingerprint density at radius 2 is 2.19 bits per heavy atom. The van der Waals surface area contributed by atoms with Crippen LogP contribution in [0.25, 0.3) is 11.5 Å². The Morgan fingerprint density at radius 1 is 1.44 bits per heavy atom. The Balaban J connectivity index is 2.42. The van der Waals surface area contributed by atoms with Gasteiger partial charge in [0.25, 0.3) is 5.89 Å². The normalized spacial score (nSPS) is 12.8. The summed E-state index contributed by atoms with van der Waals surface area (Å²) in [7, 11) is 0. The topological polar surface area (TPSA) is 38.9 Å². The number of hydrogen-bond donors (Lipinski definition) is 0. The molecule has 1 atom stereocenters. The number of aromatic nitrogens is 2. The van der Waals surface area contributed by atoms with Crippen LogP contribution in [0, 0.1) is 12.7 Å². The van der Waals surface area contributed by atoms with Crippen LogP contribution in [0.5, 0.6) is 0 Å². The number of rotatable bonds is 2. The lowest BCUT2D eigenvalue weighted by atomic mass is 10.1. The van der Waals surface area contributed by atoms with Gasteiger partial charge in [-0.2, -0.15) is 4.98 Å². The number of alkyl halides is 1. The van der Waals surface area contributed by atoms with Gasteiger partial charge in [-0.3, -0.25) is 0 Å². The largest absolute Gasteiger partial charge is 0.334 e. The van der Waals surface area contributed by atoms with E-state index in [1.54, 1.807) is 19.1 Å². The minimum Gasteiger partial charge on any atom is -0.334 e. The summed E-state index contributed by atoms with van der Waals surface area (Å²) in [4.78, 5) is 4.02. The molecule has 0 bridgehead atoms. The molecule has 2 aromatic rings. The van der Waals surface area contributed by atoms with Crippen molar-refractivity contribution in [2.24, 2.45) is 0 Å². The molecule has 5 heteroatoms. The third-order valence-corrected chi connectivity index (χ3v) is 2.35. The van der Waals surface area contributed by atoms with Crippen molar-refractivity contribution in [3.05, 3.63) is 35.4 Å². The number of halogens is 2. The molecular weight excluding hydrogens is 231 g/mol. The van der Waals surface area contributed by atoms with Gasteiger partial charge in [0.15, 0.2) is 5.82 Å². The molecule has 0 aliphatic carbocycles. The van der Waals surface area contributed by atoms with E-state index < -0.39 is 0 Å². The summed E-state index contributed by atoms with van der Waals surface area (Å²) in [6.07, 6.45) is 0. The fourth-order valence-corrected chi connectivity index (χ4v) is 1.39. The summed E-state index contributed by atoms with van der Waals surface area (Å²) in [5, 5.41) is 3.32. The van der Waals surface area contributed by atoms with Gasteiger partial charge in [-0.05, 0) is 31.5 Å². The van der Waals surface area contributed by atoms with E-state index >= 15 is 0 Å². The molecule has 0 N–H and O–H groups in total. The van der Waals surface area contributed by atoms with E-state index in [1.807, 2.05) is 6.92 Å². The first-order chi connectivity index (χ1) is 7.58. The second kappa shape index (κ2) is 4.22. The lowest BCUT2D eigenvalue weighted by Gasteiger charge is -1.98. The Bertz CT molecular complexity index is 510. The first-order valence-electron chi connectivity index (χ1n) is 4.82. The molecule has 0 aliphatic rings. The van der Waals surface area contributed by atoms with Crippen LogP contribution in [0.1, 0.15) is 23.7 Å². The van der Waals surface area contributed by atoms with Crippen molar-refractivity contribution < 1.29 is 8.91 Å². The Labute approximate surface area is 97.2 Å². The molecule has 0 saturated heterocycles. The van der Waals surface area contributed by atoms with Crippen molar-refractivity contribution in [3.8, 4) is 11.5 Å². The summed E-state index contributed by atoms with van der Waals surface area (Å²) >= 11 is 5.79. The monoisotopic (exact) mass is 240 g/mol. The minimum atomic E-state index is -0.377. The molecule has 1 aromatic heterocycles. The van der Waals surface area contributed by atoms with Crippen LogP contribution >= 0.6 is 11.6 Å². The summed E-state index contributed by atoms with van der Waals surface area (Å²) in [5.41, 5.74) is 1.13. The van der Waals surface area contributed by atoms with Crippen LogP contribution in [0.3, 0.4) is 0 Å². The van der Waals surface area contributed by atoms with Crippen molar-refractivity contribution in [2.45, 2.75) is 19.2 Å². The number of aryl methyl sites for hydroxylation is 1. The Morgan fingerprint density at radius 3 is 2.75 bits per heavy atom. The molecule has 0 amide bonds. The minimum absolute atomic E-state index is 0.153. The number of hydrogen-bond acceptors (Lipinski definition) is 3. The predicted molar refractivity (Wildman–Crippen MR) is 58.7 cm³/mol. The second-order valence-electron chi connectivity index (χ2n) is 3.56. The van der Waals surface area contributed by atoms with Crippen molar-refractivity contribution in [1.82, 2.24) is 10.1 Å². The maximum absolute atomic E-state index is 13.6. The Hall–Kier alpha value is -1.42. The highest BCUT2D eigenvalue weighted by molar-refractivity contribution is 6.20. The van der Waals surface area contributed by atoms with Crippen molar-refractivity contribution in [1.29, 1.82) is 0 Å². The van der Waals surface area contributed by atoms with Crippen LogP contribution in [0.2, 0.25) is 0 Å². The number of benzene rings is 1. The average molecular weight is 241 g/mol. The molecule has 84 valence electrons. The first-order valence-corrected chi connectivity index (χ1v) is 5.26. The summed E-state index contributed by atoms with van der Waals surface area (Å²) in [6.45, 7) is 3.54. The van der Waals surface area contributed by atoms with Crippen LogP contribution in [-0.2, 0) is 0 Å². The highest BCUT2D eigenvalue weighted by atomic mass is 35.5. The molecule has 0 saturated carbocycles. The average Bonchev–Trinajstić information content (AvgIpc) is 2.66. The fourth-order valence-electron chi connectivity index (χ4n) is 1.30. The van der Waals surface area contributed by atoms with E-state index in [4.69, 9.17) is 16.1 Å². The summed E-state index contributed by atoms with van der Waals surface area (Å²) in [6, 6.07) is 4.82. The van der Waals surface area contributed by atoms with Crippen LogP contribution < -0.4 is 0 Å². The van der Waals surface area contributed by atoms with Gasteiger partial charge in [0.2, 0.25) is 0 Å². The van der Waals surface area contributed by atoms with Gasteiger partial charge in [0, 0.05) is 0 Å². The smallest absolute Gasteiger partial charge is 0.260 e. The van der Waals surface area contributed by atoms with E-state index in [-0.39, 0.29) is 17.1 Å². The van der Waals surface area contributed by atoms with E-state index in [0.717, 1.165) is 5.56 Å². The third-order valence-electron chi connectivity index (χ3n) is 2.15. The lowest BCUT2D eigenvalue weighted by molar-refractivity contribution is 0.420. The summed E-state index contributed by atoms with van der Waals surface area (Å²) in [5.74, 6) is 0.133. The van der Waals surface area contributed by atoms with Gasteiger partial charge in [0.05, 0.1) is 10.9 Å². The molecule has 3 nitrogen and oxygen atoms in total. The molecule has 2 rings (SSSR count).